The first kappa shape index (κ1) is 22.1. The molecule has 0 bridgehead atoms. The zero-order valence-electron chi connectivity index (χ0n) is 17.7. The maximum absolute atomic E-state index is 13.0. The van der Waals surface area contributed by atoms with Crippen LogP contribution in [0.5, 0.6) is 0 Å². The predicted octanol–water partition coefficient (Wildman–Crippen LogP) is 4.16. The van der Waals surface area contributed by atoms with Crippen LogP contribution in [-0.4, -0.2) is 61.9 Å². The van der Waals surface area contributed by atoms with Gasteiger partial charge >= 0.3 is 0 Å². The first-order valence-electron chi connectivity index (χ1n) is 10.1. The SMILES string of the molecule is CSc1cccc2sc(N3CCN(C(=O)c4cccc(S(=O)(=O)C(C)C)c4)CC3)nc12. The minimum Gasteiger partial charge on any atom is -0.345 e. The van der Waals surface area contributed by atoms with Crippen LogP contribution in [0.25, 0.3) is 10.2 Å². The highest BCUT2D eigenvalue weighted by Gasteiger charge is 2.26. The Labute approximate surface area is 191 Å². The summed E-state index contributed by atoms with van der Waals surface area (Å²) in [7, 11) is -3.41. The molecule has 1 fully saturated rings. The maximum atomic E-state index is 13.0. The molecule has 1 saturated heterocycles. The molecule has 0 unspecified atom stereocenters. The van der Waals surface area contributed by atoms with Crippen LogP contribution in [0, 0.1) is 0 Å². The van der Waals surface area contributed by atoms with E-state index < -0.39 is 15.1 Å². The van der Waals surface area contributed by atoms with Crippen molar-refractivity contribution in [3.63, 3.8) is 0 Å². The summed E-state index contributed by atoms with van der Waals surface area (Å²) in [6.45, 7) is 5.84. The van der Waals surface area contributed by atoms with Crippen LogP contribution in [0.2, 0.25) is 0 Å². The smallest absolute Gasteiger partial charge is 0.254 e. The zero-order chi connectivity index (χ0) is 22.2. The number of carbonyl (C=O) groups is 1. The Hall–Kier alpha value is -2.10. The number of thiazole rings is 1. The lowest BCUT2D eigenvalue weighted by molar-refractivity contribution is 0.0746. The van der Waals surface area contributed by atoms with E-state index in [0.717, 1.165) is 10.6 Å². The maximum Gasteiger partial charge on any atom is 0.254 e. The van der Waals surface area contributed by atoms with Gasteiger partial charge in [0, 0.05) is 36.6 Å². The third-order valence-corrected chi connectivity index (χ3v) is 9.46. The summed E-state index contributed by atoms with van der Waals surface area (Å²) in [6.07, 6.45) is 2.06. The molecule has 6 nitrogen and oxygen atoms in total. The largest absolute Gasteiger partial charge is 0.345 e. The van der Waals surface area contributed by atoms with Gasteiger partial charge in [-0.05, 0) is 50.4 Å². The van der Waals surface area contributed by atoms with E-state index in [-0.39, 0.29) is 10.8 Å². The van der Waals surface area contributed by atoms with Gasteiger partial charge in [0.25, 0.3) is 5.91 Å². The number of fused-ring (bicyclic) bond motifs is 1. The lowest BCUT2D eigenvalue weighted by Crippen LogP contribution is -2.48. The molecule has 2 heterocycles. The number of piperazine rings is 1. The predicted molar refractivity (Wildman–Crippen MR) is 128 cm³/mol. The van der Waals surface area contributed by atoms with Gasteiger partial charge in [-0.1, -0.05) is 23.5 Å². The molecular weight excluding hydrogens is 450 g/mol. The molecule has 9 heteroatoms. The van der Waals surface area contributed by atoms with E-state index in [1.807, 2.05) is 0 Å². The van der Waals surface area contributed by atoms with Crippen LogP contribution in [0.3, 0.4) is 0 Å². The molecule has 1 aliphatic heterocycles. The van der Waals surface area contributed by atoms with Crippen molar-refractivity contribution in [1.29, 1.82) is 0 Å². The Morgan fingerprint density at radius 3 is 2.48 bits per heavy atom. The molecule has 4 rings (SSSR count). The van der Waals surface area contributed by atoms with Crippen molar-refractivity contribution in [3.05, 3.63) is 48.0 Å². The number of amides is 1. The van der Waals surface area contributed by atoms with E-state index in [1.165, 1.54) is 15.7 Å². The molecule has 0 spiro atoms. The first-order valence-corrected chi connectivity index (χ1v) is 13.7. The summed E-state index contributed by atoms with van der Waals surface area (Å²) in [4.78, 5) is 23.2. The Kier molecular flexibility index (Phi) is 6.27. The molecule has 2 aromatic carbocycles. The van der Waals surface area contributed by atoms with E-state index >= 15 is 0 Å². The van der Waals surface area contributed by atoms with Gasteiger partial charge in [0.05, 0.1) is 20.4 Å². The molecule has 0 atom stereocenters. The summed E-state index contributed by atoms with van der Waals surface area (Å²) in [6, 6.07) is 12.6. The second-order valence-electron chi connectivity index (χ2n) is 7.70. The van der Waals surface area contributed by atoms with Crippen LogP contribution in [0.4, 0.5) is 5.13 Å². The molecule has 0 saturated carbocycles. The van der Waals surface area contributed by atoms with Crippen LogP contribution < -0.4 is 4.90 Å². The highest BCUT2D eigenvalue weighted by Crippen LogP contribution is 2.34. The van der Waals surface area contributed by atoms with Crippen molar-refractivity contribution in [1.82, 2.24) is 9.88 Å². The van der Waals surface area contributed by atoms with Crippen molar-refractivity contribution in [2.75, 3.05) is 37.3 Å². The molecular formula is C22H25N3O3S3. The minimum absolute atomic E-state index is 0.130. The van der Waals surface area contributed by atoms with Crippen molar-refractivity contribution in [2.45, 2.75) is 28.9 Å². The Balaban J connectivity index is 1.47. The summed E-state index contributed by atoms with van der Waals surface area (Å²) in [5.41, 5.74) is 1.46. The number of anilines is 1. The Morgan fingerprint density at radius 2 is 1.81 bits per heavy atom. The number of nitrogens with zero attached hydrogens (tertiary/aromatic N) is 3. The van der Waals surface area contributed by atoms with Gasteiger partial charge < -0.3 is 9.80 Å². The van der Waals surface area contributed by atoms with Gasteiger partial charge in [-0.25, -0.2) is 13.4 Å². The van der Waals surface area contributed by atoms with Gasteiger partial charge in [-0.3, -0.25) is 4.79 Å². The Morgan fingerprint density at radius 1 is 1.10 bits per heavy atom. The van der Waals surface area contributed by atoms with E-state index in [0.29, 0.717) is 31.7 Å². The number of hydrogen-bond acceptors (Lipinski definition) is 7. The van der Waals surface area contributed by atoms with E-state index in [1.54, 1.807) is 60.0 Å². The summed E-state index contributed by atoms with van der Waals surface area (Å²) >= 11 is 3.37. The molecule has 31 heavy (non-hydrogen) atoms. The molecule has 164 valence electrons. The van der Waals surface area contributed by atoms with Crippen LogP contribution in [0.15, 0.2) is 52.3 Å². The van der Waals surface area contributed by atoms with Crippen LogP contribution in [-0.2, 0) is 9.84 Å². The molecule has 0 aliphatic carbocycles. The zero-order valence-corrected chi connectivity index (χ0v) is 20.2. The Bertz CT molecular complexity index is 1210. The van der Waals surface area contributed by atoms with Crippen molar-refractivity contribution in [3.8, 4) is 0 Å². The molecule has 3 aromatic rings. The fraction of sp³-hybridized carbons (Fsp3) is 0.364. The van der Waals surface area contributed by atoms with E-state index in [2.05, 4.69) is 29.4 Å². The third kappa shape index (κ3) is 4.31. The number of carbonyl (C=O) groups excluding carboxylic acids is 1. The molecule has 0 N–H and O–H groups in total. The van der Waals surface area contributed by atoms with Crippen molar-refractivity contribution >= 4 is 54.2 Å². The number of thioether (sulfide) groups is 1. The molecule has 1 aliphatic rings. The molecule has 1 aromatic heterocycles. The second-order valence-corrected chi connectivity index (χ2v) is 12.1. The first-order chi connectivity index (χ1) is 14.8. The van der Waals surface area contributed by atoms with Gasteiger partial charge in [0.15, 0.2) is 15.0 Å². The van der Waals surface area contributed by atoms with E-state index in [9.17, 15) is 13.2 Å². The quantitative estimate of drug-likeness (QED) is 0.516. The standard InChI is InChI=1S/C22H25N3O3S3/c1-15(2)31(27,28)17-7-4-6-16(14-17)21(26)24-10-12-25(13-11-24)22-23-20-18(29-3)8-5-9-19(20)30-22/h4-9,14-15H,10-13H2,1-3H3. The van der Waals surface area contributed by atoms with Crippen molar-refractivity contribution in [2.24, 2.45) is 0 Å². The third-order valence-electron chi connectivity index (χ3n) is 5.46. The normalized spacial score (nSPS) is 15.1. The van der Waals surface area contributed by atoms with Crippen LogP contribution in [0.1, 0.15) is 24.2 Å². The fourth-order valence-electron chi connectivity index (χ4n) is 3.57. The lowest BCUT2D eigenvalue weighted by Gasteiger charge is -2.34. The van der Waals surface area contributed by atoms with Gasteiger partial charge in [-0.2, -0.15) is 0 Å². The number of aromatic nitrogens is 1. The fourth-order valence-corrected chi connectivity index (χ4v) is 6.35. The summed E-state index contributed by atoms with van der Waals surface area (Å²) in [5, 5.41) is 0.454. The summed E-state index contributed by atoms with van der Waals surface area (Å²) in [5.74, 6) is -0.130. The molecule has 1 amide bonds. The molecule has 0 radical (unpaired) electrons. The van der Waals surface area contributed by atoms with Crippen LogP contribution >= 0.6 is 23.1 Å². The minimum atomic E-state index is -3.41. The lowest BCUT2D eigenvalue weighted by atomic mass is 10.2. The topological polar surface area (TPSA) is 70.6 Å². The van der Waals surface area contributed by atoms with Crippen molar-refractivity contribution < 1.29 is 13.2 Å². The van der Waals surface area contributed by atoms with Gasteiger partial charge in [0.1, 0.15) is 0 Å². The number of benzene rings is 2. The number of hydrogen-bond donors (Lipinski definition) is 0. The summed E-state index contributed by atoms with van der Waals surface area (Å²) < 4.78 is 26.1. The highest BCUT2D eigenvalue weighted by molar-refractivity contribution is 7.98. The number of para-hydroxylation sites is 1. The van der Waals surface area contributed by atoms with E-state index in [4.69, 9.17) is 4.98 Å². The average molecular weight is 476 g/mol. The number of sulfone groups is 1. The average Bonchev–Trinajstić information content (AvgIpc) is 3.23. The highest BCUT2D eigenvalue weighted by atomic mass is 32.2. The monoisotopic (exact) mass is 475 g/mol. The number of rotatable bonds is 5. The van der Waals surface area contributed by atoms with Gasteiger partial charge in [0.2, 0.25) is 0 Å². The second kappa shape index (κ2) is 8.80. The van der Waals surface area contributed by atoms with Gasteiger partial charge in [-0.15, -0.1) is 11.8 Å².